The molecule has 1 saturated heterocycles. The third-order valence-corrected chi connectivity index (χ3v) is 3.37. The highest BCUT2D eigenvalue weighted by molar-refractivity contribution is 5.73. The van der Waals surface area contributed by atoms with Gasteiger partial charge in [0, 0.05) is 45.8 Å². The number of rotatable bonds is 6. The Balaban J connectivity index is 2.10. The number of anilines is 2. The molecular formula is C14H23N5O2. The monoisotopic (exact) mass is 293 g/mol. The van der Waals surface area contributed by atoms with E-state index in [1.165, 1.54) is 0 Å². The van der Waals surface area contributed by atoms with Crippen LogP contribution in [-0.4, -0.2) is 48.7 Å². The summed E-state index contributed by atoms with van der Waals surface area (Å²) in [6.45, 7) is 6.18. The zero-order valence-corrected chi connectivity index (χ0v) is 12.8. The average molecular weight is 293 g/mol. The molecule has 1 aromatic heterocycles. The average Bonchev–Trinajstić information content (AvgIpc) is 2.92. The van der Waals surface area contributed by atoms with Crippen molar-refractivity contribution < 1.29 is 9.53 Å². The maximum Gasteiger partial charge on any atom is 0.217 e. The standard InChI is InChI=1S/C14H23N5O2/c1-4-21-9-13-17-12(15-3)7-14(18-13)19-6-5-11(8-19)16-10(2)20/h7,11H,4-6,8-9H2,1-3H3,(H,16,20)(H,15,17,18). The van der Waals surface area contributed by atoms with E-state index >= 15 is 0 Å². The molecule has 0 radical (unpaired) electrons. The van der Waals surface area contributed by atoms with Crippen molar-refractivity contribution in [3.8, 4) is 0 Å². The SMILES string of the molecule is CCOCc1nc(NC)cc(N2CCC(NC(C)=O)C2)n1. The van der Waals surface area contributed by atoms with Crippen LogP contribution in [0.4, 0.5) is 11.6 Å². The summed E-state index contributed by atoms with van der Waals surface area (Å²) in [5, 5.41) is 6.00. The Morgan fingerprint density at radius 1 is 1.52 bits per heavy atom. The minimum atomic E-state index is 0.0116. The van der Waals surface area contributed by atoms with Crippen molar-refractivity contribution in [1.29, 1.82) is 0 Å². The predicted octanol–water partition coefficient (Wildman–Crippen LogP) is 0.770. The van der Waals surface area contributed by atoms with Crippen molar-refractivity contribution in [2.24, 2.45) is 0 Å². The summed E-state index contributed by atoms with van der Waals surface area (Å²) in [5.41, 5.74) is 0. The van der Waals surface area contributed by atoms with Gasteiger partial charge in [-0.15, -0.1) is 0 Å². The largest absolute Gasteiger partial charge is 0.374 e. The summed E-state index contributed by atoms with van der Waals surface area (Å²) in [5.74, 6) is 2.33. The van der Waals surface area contributed by atoms with Crippen molar-refractivity contribution in [3.05, 3.63) is 11.9 Å². The fourth-order valence-electron chi connectivity index (χ4n) is 2.40. The molecule has 1 unspecified atom stereocenters. The number of carbonyl (C=O) groups excluding carboxylic acids is 1. The highest BCUT2D eigenvalue weighted by Crippen LogP contribution is 2.21. The molecule has 21 heavy (non-hydrogen) atoms. The summed E-state index contributed by atoms with van der Waals surface area (Å²) < 4.78 is 5.38. The normalized spacial score (nSPS) is 17.9. The van der Waals surface area contributed by atoms with Crippen LogP contribution in [0.1, 0.15) is 26.1 Å². The maximum atomic E-state index is 11.1. The van der Waals surface area contributed by atoms with Crippen LogP contribution in [0.2, 0.25) is 0 Å². The Morgan fingerprint density at radius 3 is 3.00 bits per heavy atom. The molecule has 0 spiro atoms. The van der Waals surface area contributed by atoms with Crippen molar-refractivity contribution in [2.75, 3.05) is 37.0 Å². The smallest absolute Gasteiger partial charge is 0.217 e. The van der Waals surface area contributed by atoms with Gasteiger partial charge >= 0.3 is 0 Å². The van der Waals surface area contributed by atoms with E-state index in [0.717, 1.165) is 31.1 Å². The fourth-order valence-corrected chi connectivity index (χ4v) is 2.40. The van der Waals surface area contributed by atoms with E-state index in [2.05, 4.69) is 25.5 Å². The third kappa shape index (κ3) is 4.29. The van der Waals surface area contributed by atoms with Crippen LogP contribution in [0.3, 0.4) is 0 Å². The molecule has 116 valence electrons. The predicted molar refractivity (Wildman–Crippen MR) is 81.3 cm³/mol. The van der Waals surface area contributed by atoms with Crippen molar-refractivity contribution in [2.45, 2.75) is 32.9 Å². The first-order valence-corrected chi connectivity index (χ1v) is 7.28. The molecule has 2 N–H and O–H groups in total. The second-order valence-electron chi connectivity index (χ2n) is 5.05. The molecule has 1 aliphatic rings. The molecule has 2 heterocycles. The van der Waals surface area contributed by atoms with Crippen LogP contribution in [0.25, 0.3) is 0 Å². The van der Waals surface area contributed by atoms with Crippen molar-refractivity contribution >= 4 is 17.5 Å². The third-order valence-electron chi connectivity index (χ3n) is 3.37. The van der Waals surface area contributed by atoms with Gasteiger partial charge in [0.15, 0.2) is 5.82 Å². The highest BCUT2D eigenvalue weighted by atomic mass is 16.5. The molecule has 0 aliphatic carbocycles. The number of aromatic nitrogens is 2. The van der Waals surface area contributed by atoms with Crippen LogP contribution < -0.4 is 15.5 Å². The van der Waals surface area contributed by atoms with Crippen LogP contribution in [-0.2, 0) is 16.1 Å². The number of ether oxygens (including phenoxy) is 1. The van der Waals surface area contributed by atoms with Crippen molar-refractivity contribution in [1.82, 2.24) is 15.3 Å². The quantitative estimate of drug-likeness (QED) is 0.806. The molecule has 7 heteroatoms. The summed E-state index contributed by atoms with van der Waals surface area (Å²) >= 11 is 0. The molecule has 1 atom stereocenters. The lowest BCUT2D eigenvalue weighted by Gasteiger charge is -2.19. The number of nitrogens with one attached hydrogen (secondary N) is 2. The first kappa shape index (κ1) is 15.5. The Bertz CT molecular complexity index is 494. The highest BCUT2D eigenvalue weighted by Gasteiger charge is 2.24. The summed E-state index contributed by atoms with van der Waals surface area (Å²) in [7, 11) is 1.83. The zero-order valence-electron chi connectivity index (χ0n) is 12.8. The summed E-state index contributed by atoms with van der Waals surface area (Å²) in [6.07, 6.45) is 0.930. The molecule has 0 saturated carbocycles. The van der Waals surface area contributed by atoms with Crippen LogP contribution in [0.15, 0.2) is 6.07 Å². The van der Waals surface area contributed by atoms with Crippen LogP contribution in [0.5, 0.6) is 0 Å². The van der Waals surface area contributed by atoms with Gasteiger partial charge in [-0.1, -0.05) is 0 Å². The van der Waals surface area contributed by atoms with Gasteiger partial charge in [-0.2, -0.15) is 0 Å². The second kappa shape index (κ2) is 7.21. The number of amides is 1. The number of nitrogens with zero attached hydrogens (tertiary/aromatic N) is 3. The molecule has 2 rings (SSSR count). The molecule has 1 aliphatic heterocycles. The van der Waals surface area contributed by atoms with Crippen molar-refractivity contribution in [3.63, 3.8) is 0 Å². The molecule has 1 amide bonds. The van der Waals surface area contributed by atoms with Gasteiger partial charge in [0.2, 0.25) is 5.91 Å². The molecule has 7 nitrogen and oxygen atoms in total. The Hall–Kier alpha value is -1.89. The number of hydrogen-bond acceptors (Lipinski definition) is 6. The Labute approximate surface area is 125 Å². The Kier molecular flexibility index (Phi) is 5.32. The van der Waals surface area contributed by atoms with Crippen LogP contribution >= 0.6 is 0 Å². The summed E-state index contributed by atoms with van der Waals surface area (Å²) in [6, 6.07) is 2.11. The maximum absolute atomic E-state index is 11.1. The van der Waals surface area contributed by atoms with Gasteiger partial charge in [0.25, 0.3) is 0 Å². The van der Waals surface area contributed by atoms with Crippen LogP contribution in [0, 0.1) is 0 Å². The lowest BCUT2D eigenvalue weighted by Crippen LogP contribution is -2.35. The van der Waals surface area contributed by atoms with Gasteiger partial charge < -0.3 is 20.3 Å². The summed E-state index contributed by atoms with van der Waals surface area (Å²) in [4.78, 5) is 22.2. The Morgan fingerprint density at radius 2 is 2.33 bits per heavy atom. The lowest BCUT2D eigenvalue weighted by molar-refractivity contribution is -0.119. The van der Waals surface area contributed by atoms with Gasteiger partial charge in [-0.3, -0.25) is 4.79 Å². The van der Waals surface area contributed by atoms with E-state index in [9.17, 15) is 4.79 Å². The van der Waals surface area contributed by atoms with E-state index < -0.39 is 0 Å². The van der Waals surface area contributed by atoms with E-state index in [-0.39, 0.29) is 11.9 Å². The fraction of sp³-hybridized carbons (Fsp3) is 0.643. The molecule has 1 aromatic rings. The first-order valence-electron chi connectivity index (χ1n) is 7.28. The van der Waals surface area contributed by atoms with Gasteiger partial charge in [-0.05, 0) is 13.3 Å². The first-order chi connectivity index (χ1) is 10.1. The molecule has 0 bridgehead atoms. The minimum absolute atomic E-state index is 0.0116. The van der Waals surface area contributed by atoms with E-state index in [4.69, 9.17) is 4.74 Å². The minimum Gasteiger partial charge on any atom is -0.374 e. The topological polar surface area (TPSA) is 79.4 Å². The van der Waals surface area contributed by atoms with E-state index in [1.807, 2.05) is 20.0 Å². The van der Waals surface area contributed by atoms with Gasteiger partial charge in [0.1, 0.15) is 18.2 Å². The lowest BCUT2D eigenvalue weighted by atomic mass is 10.3. The molecule has 1 fully saturated rings. The molecular weight excluding hydrogens is 270 g/mol. The van der Waals surface area contributed by atoms with E-state index in [0.29, 0.717) is 19.0 Å². The second-order valence-corrected chi connectivity index (χ2v) is 5.05. The van der Waals surface area contributed by atoms with Gasteiger partial charge in [0.05, 0.1) is 0 Å². The molecule has 0 aromatic carbocycles. The number of carbonyl (C=O) groups is 1. The number of hydrogen-bond donors (Lipinski definition) is 2. The van der Waals surface area contributed by atoms with E-state index in [1.54, 1.807) is 6.92 Å². The van der Waals surface area contributed by atoms with Gasteiger partial charge in [-0.25, -0.2) is 9.97 Å². The zero-order chi connectivity index (χ0) is 15.2.